The van der Waals surface area contributed by atoms with Crippen molar-refractivity contribution >= 4 is 27.6 Å². The Morgan fingerprint density at radius 3 is 2.45 bits per heavy atom. The molecule has 1 aromatic heterocycles. The van der Waals surface area contributed by atoms with E-state index in [-0.39, 0.29) is 5.41 Å². The fourth-order valence-corrected chi connectivity index (χ4v) is 4.20. The van der Waals surface area contributed by atoms with Crippen molar-refractivity contribution < 1.29 is 9.63 Å². The quantitative estimate of drug-likeness (QED) is 0.358. The van der Waals surface area contributed by atoms with E-state index in [4.69, 9.17) is 4.84 Å². The normalized spacial score (nSPS) is 16.5. The van der Waals surface area contributed by atoms with Crippen LogP contribution < -0.4 is 0 Å². The highest BCUT2D eigenvalue weighted by molar-refractivity contribution is 9.10. The second-order valence-corrected chi connectivity index (χ2v) is 9.17. The molecule has 0 N–H and O–H groups in total. The molecule has 0 bridgehead atoms. The fourth-order valence-electron chi connectivity index (χ4n) is 3.93. The number of oxime groups is 1. The lowest BCUT2D eigenvalue weighted by molar-refractivity contribution is 0.0514. The number of para-hydroxylation sites is 1. The molecule has 5 heteroatoms. The molecule has 0 saturated carbocycles. The Bertz CT molecular complexity index is 1080. The minimum atomic E-state index is -0.450. The standard InChI is InChI=1S/C24H23BrN2O2/c1-16-13-20-21(26-29-23(28)17-9-11-18(25)12-10-17)14-24(2,3)15-22(20)27(16)19-7-5-4-6-8-19/h4-13H,14-15H2,1-3H3/b26-21+. The molecule has 3 aromatic rings. The van der Waals surface area contributed by atoms with Crippen molar-refractivity contribution in [3.63, 3.8) is 0 Å². The number of halogens is 1. The van der Waals surface area contributed by atoms with E-state index >= 15 is 0 Å². The maximum Gasteiger partial charge on any atom is 0.365 e. The van der Waals surface area contributed by atoms with Gasteiger partial charge in [0.15, 0.2) is 0 Å². The predicted octanol–water partition coefficient (Wildman–Crippen LogP) is 6.08. The van der Waals surface area contributed by atoms with Crippen molar-refractivity contribution in [2.75, 3.05) is 0 Å². The number of hydrogen-bond donors (Lipinski definition) is 0. The molecule has 4 nitrogen and oxygen atoms in total. The molecule has 0 unspecified atom stereocenters. The second kappa shape index (κ2) is 7.64. The molecular formula is C24H23BrN2O2. The lowest BCUT2D eigenvalue weighted by Gasteiger charge is -2.31. The largest absolute Gasteiger partial charge is 0.365 e. The lowest BCUT2D eigenvalue weighted by atomic mass is 9.76. The van der Waals surface area contributed by atoms with Crippen LogP contribution in [0, 0.1) is 12.3 Å². The zero-order valence-corrected chi connectivity index (χ0v) is 18.4. The van der Waals surface area contributed by atoms with Crippen molar-refractivity contribution in [3.8, 4) is 5.69 Å². The molecule has 0 fully saturated rings. The number of carbonyl (C=O) groups excluding carboxylic acids is 1. The summed E-state index contributed by atoms with van der Waals surface area (Å²) >= 11 is 3.37. The molecule has 1 heterocycles. The van der Waals surface area contributed by atoms with Gasteiger partial charge in [-0.25, -0.2) is 4.79 Å². The van der Waals surface area contributed by atoms with Crippen LogP contribution in [-0.2, 0) is 11.3 Å². The van der Waals surface area contributed by atoms with Gasteiger partial charge in [-0.2, -0.15) is 0 Å². The van der Waals surface area contributed by atoms with Crippen LogP contribution in [-0.4, -0.2) is 16.2 Å². The van der Waals surface area contributed by atoms with Gasteiger partial charge < -0.3 is 9.40 Å². The zero-order chi connectivity index (χ0) is 20.6. The SMILES string of the molecule is Cc1cc2c(n1-c1ccccc1)CC(C)(C)C/C2=N\OC(=O)c1ccc(Br)cc1. The van der Waals surface area contributed by atoms with Gasteiger partial charge in [-0.05, 0) is 67.6 Å². The molecule has 2 aromatic carbocycles. The third kappa shape index (κ3) is 4.06. The molecular weight excluding hydrogens is 428 g/mol. The summed E-state index contributed by atoms with van der Waals surface area (Å²) in [5.41, 5.74) is 5.87. The van der Waals surface area contributed by atoms with Gasteiger partial charge in [-0.15, -0.1) is 0 Å². The number of benzene rings is 2. The summed E-state index contributed by atoms with van der Waals surface area (Å²) in [6.45, 7) is 6.54. The van der Waals surface area contributed by atoms with Crippen LogP contribution in [0.25, 0.3) is 5.69 Å². The number of nitrogens with zero attached hydrogens (tertiary/aromatic N) is 2. The molecule has 1 aliphatic rings. The Morgan fingerprint density at radius 2 is 1.76 bits per heavy atom. The Kier molecular flexibility index (Phi) is 5.17. The number of fused-ring (bicyclic) bond motifs is 1. The Balaban J connectivity index is 1.70. The average Bonchev–Trinajstić information content (AvgIpc) is 3.01. The van der Waals surface area contributed by atoms with E-state index in [1.165, 1.54) is 5.69 Å². The molecule has 1 aliphatic carbocycles. The van der Waals surface area contributed by atoms with E-state index in [0.29, 0.717) is 5.56 Å². The highest BCUT2D eigenvalue weighted by atomic mass is 79.9. The van der Waals surface area contributed by atoms with E-state index in [9.17, 15) is 4.79 Å². The maximum absolute atomic E-state index is 12.4. The second-order valence-electron chi connectivity index (χ2n) is 8.26. The van der Waals surface area contributed by atoms with Gasteiger partial charge in [-0.1, -0.05) is 53.1 Å². The summed E-state index contributed by atoms with van der Waals surface area (Å²) in [6, 6.07) is 19.5. The average molecular weight is 451 g/mol. The summed E-state index contributed by atoms with van der Waals surface area (Å²) in [6.07, 6.45) is 1.69. The van der Waals surface area contributed by atoms with Crippen molar-refractivity contribution in [2.24, 2.45) is 10.6 Å². The fraction of sp³-hybridized carbons (Fsp3) is 0.250. The first kappa shape index (κ1) is 19.6. The smallest absolute Gasteiger partial charge is 0.318 e. The van der Waals surface area contributed by atoms with Crippen LogP contribution in [0.3, 0.4) is 0 Å². The van der Waals surface area contributed by atoms with E-state index in [1.807, 2.05) is 30.3 Å². The minimum absolute atomic E-state index is 0.0210. The lowest BCUT2D eigenvalue weighted by Crippen LogP contribution is -2.28. The van der Waals surface area contributed by atoms with Gasteiger partial charge in [0.05, 0.1) is 11.3 Å². The molecule has 148 valence electrons. The van der Waals surface area contributed by atoms with E-state index in [2.05, 4.69) is 64.6 Å². The third-order valence-corrected chi connectivity index (χ3v) is 5.75. The first-order valence-electron chi connectivity index (χ1n) is 9.65. The molecule has 0 atom stereocenters. The summed E-state index contributed by atoms with van der Waals surface area (Å²) < 4.78 is 3.19. The zero-order valence-electron chi connectivity index (χ0n) is 16.8. The van der Waals surface area contributed by atoms with E-state index < -0.39 is 5.97 Å². The monoisotopic (exact) mass is 450 g/mol. The van der Waals surface area contributed by atoms with E-state index in [1.54, 1.807) is 12.1 Å². The van der Waals surface area contributed by atoms with Gasteiger partial charge in [0.1, 0.15) is 0 Å². The van der Waals surface area contributed by atoms with E-state index in [0.717, 1.165) is 40.0 Å². The van der Waals surface area contributed by atoms with Crippen LogP contribution in [0.2, 0.25) is 0 Å². The molecule has 29 heavy (non-hydrogen) atoms. The topological polar surface area (TPSA) is 43.6 Å². The Hall–Kier alpha value is -2.66. The van der Waals surface area contributed by atoms with Gasteiger partial charge in [0.2, 0.25) is 0 Å². The summed E-state index contributed by atoms with van der Waals surface area (Å²) in [4.78, 5) is 17.8. The van der Waals surface area contributed by atoms with Crippen LogP contribution in [0.5, 0.6) is 0 Å². The number of hydrogen-bond acceptors (Lipinski definition) is 3. The van der Waals surface area contributed by atoms with Crippen LogP contribution in [0.15, 0.2) is 70.3 Å². The molecule has 4 rings (SSSR count). The number of aromatic nitrogens is 1. The van der Waals surface area contributed by atoms with Crippen molar-refractivity contribution in [2.45, 2.75) is 33.6 Å². The molecule has 0 aliphatic heterocycles. The van der Waals surface area contributed by atoms with Crippen molar-refractivity contribution in [1.82, 2.24) is 4.57 Å². The maximum atomic E-state index is 12.4. The third-order valence-electron chi connectivity index (χ3n) is 5.22. The van der Waals surface area contributed by atoms with Gasteiger partial charge >= 0.3 is 5.97 Å². The summed E-state index contributed by atoms with van der Waals surface area (Å²) in [5, 5.41) is 4.31. The molecule has 0 spiro atoms. The van der Waals surface area contributed by atoms with Gasteiger partial charge in [-0.3, -0.25) is 0 Å². The van der Waals surface area contributed by atoms with Crippen LogP contribution >= 0.6 is 15.9 Å². The number of aryl methyl sites for hydroxylation is 1. The highest BCUT2D eigenvalue weighted by Crippen LogP contribution is 2.38. The minimum Gasteiger partial charge on any atom is -0.318 e. The van der Waals surface area contributed by atoms with Crippen LogP contribution in [0.1, 0.15) is 47.6 Å². The van der Waals surface area contributed by atoms with Gasteiger partial charge in [0, 0.05) is 27.1 Å². The summed E-state index contributed by atoms with van der Waals surface area (Å²) in [5.74, 6) is -0.450. The van der Waals surface area contributed by atoms with Gasteiger partial charge in [0.25, 0.3) is 0 Å². The Labute approximate surface area is 179 Å². The number of rotatable bonds is 3. The predicted molar refractivity (Wildman–Crippen MR) is 119 cm³/mol. The Morgan fingerprint density at radius 1 is 1.07 bits per heavy atom. The van der Waals surface area contributed by atoms with Crippen LogP contribution in [0.4, 0.5) is 0 Å². The summed E-state index contributed by atoms with van der Waals surface area (Å²) in [7, 11) is 0. The molecule has 0 radical (unpaired) electrons. The first-order valence-corrected chi connectivity index (χ1v) is 10.4. The molecule has 0 saturated heterocycles. The number of carbonyl (C=O) groups is 1. The highest BCUT2D eigenvalue weighted by Gasteiger charge is 2.33. The van der Waals surface area contributed by atoms with Crippen molar-refractivity contribution in [3.05, 3.63) is 87.7 Å². The molecule has 0 amide bonds. The first-order chi connectivity index (χ1) is 13.8. The van der Waals surface area contributed by atoms with Crippen molar-refractivity contribution in [1.29, 1.82) is 0 Å².